The van der Waals surface area contributed by atoms with Crippen LogP contribution in [0.4, 0.5) is 0 Å². The molecule has 0 bridgehead atoms. The van der Waals surface area contributed by atoms with Gasteiger partial charge in [-0.25, -0.2) is 0 Å². The van der Waals surface area contributed by atoms with Crippen molar-refractivity contribution in [2.24, 2.45) is 17.6 Å². The number of rotatable bonds is 4. The van der Waals surface area contributed by atoms with E-state index < -0.39 is 0 Å². The summed E-state index contributed by atoms with van der Waals surface area (Å²) in [4.78, 5) is 0. The molecule has 0 spiro atoms. The maximum atomic E-state index is 6.52. The second-order valence-electron chi connectivity index (χ2n) is 5.62. The Kier molecular flexibility index (Phi) is 2.74. The molecule has 2 saturated carbocycles. The van der Waals surface area contributed by atoms with Crippen LogP contribution in [0, 0.1) is 11.8 Å². The smallest absolute Gasteiger partial charge is 0.160 e. The Balaban J connectivity index is 1.77. The van der Waals surface area contributed by atoms with E-state index >= 15 is 0 Å². The predicted octanol–water partition coefficient (Wildman–Crippen LogP) is 2.37. The van der Waals surface area contributed by atoms with E-state index in [1.54, 1.807) is 14.2 Å². The van der Waals surface area contributed by atoms with Gasteiger partial charge >= 0.3 is 0 Å². The van der Waals surface area contributed by atoms with Gasteiger partial charge in [0, 0.05) is 5.54 Å². The van der Waals surface area contributed by atoms with Gasteiger partial charge in [-0.2, -0.15) is 0 Å². The fourth-order valence-corrected chi connectivity index (χ4v) is 3.73. The molecule has 0 saturated heterocycles. The summed E-state index contributed by atoms with van der Waals surface area (Å²) in [5, 5.41) is 0. The zero-order chi connectivity index (χ0) is 12.8. The molecule has 2 atom stereocenters. The molecular formula is C15H21NO2. The fraction of sp³-hybridized carbons (Fsp3) is 0.600. The van der Waals surface area contributed by atoms with Crippen LogP contribution in [-0.2, 0) is 6.42 Å². The highest BCUT2D eigenvalue weighted by atomic mass is 16.5. The van der Waals surface area contributed by atoms with E-state index in [1.807, 2.05) is 6.07 Å². The number of methoxy groups -OCH3 is 2. The molecule has 3 heteroatoms. The molecular weight excluding hydrogens is 226 g/mol. The Morgan fingerprint density at radius 2 is 1.83 bits per heavy atom. The van der Waals surface area contributed by atoms with E-state index in [4.69, 9.17) is 15.2 Å². The number of ether oxygens (including phenoxy) is 2. The number of hydrogen-bond acceptors (Lipinski definition) is 3. The minimum atomic E-state index is 0.0534. The molecule has 98 valence electrons. The molecule has 0 radical (unpaired) electrons. The van der Waals surface area contributed by atoms with Crippen LogP contribution in [0.1, 0.15) is 24.8 Å². The van der Waals surface area contributed by atoms with Gasteiger partial charge in [-0.3, -0.25) is 0 Å². The van der Waals surface area contributed by atoms with Crippen LogP contribution in [0.15, 0.2) is 18.2 Å². The summed E-state index contributed by atoms with van der Waals surface area (Å²) in [6, 6.07) is 6.13. The highest BCUT2D eigenvalue weighted by molar-refractivity contribution is 5.44. The quantitative estimate of drug-likeness (QED) is 0.888. The summed E-state index contributed by atoms with van der Waals surface area (Å²) >= 11 is 0. The molecule has 0 aliphatic heterocycles. The molecule has 1 aromatic carbocycles. The van der Waals surface area contributed by atoms with Gasteiger partial charge in [0.05, 0.1) is 14.2 Å². The first-order chi connectivity index (χ1) is 8.69. The molecule has 2 unspecified atom stereocenters. The van der Waals surface area contributed by atoms with Crippen LogP contribution in [0.25, 0.3) is 0 Å². The lowest BCUT2D eigenvalue weighted by atomic mass is 9.97. The summed E-state index contributed by atoms with van der Waals surface area (Å²) in [6.07, 6.45) is 4.95. The molecule has 0 aromatic heterocycles. The number of benzene rings is 1. The van der Waals surface area contributed by atoms with Crippen molar-refractivity contribution in [2.75, 3.05) is 14.2 Å². The van der Waals surface area contributed by atoms with E-state index in [0.29, 0.717) is 0 Å². The molecule has 1 aromatic rings. The molecule has 0 heterocycles. The van der Waals surface area contributed by atoms with Gasteiger partial charge in [0.15, 0.2) is 11.5 Å². The predicted molar refractivity (Wildman–Crippen MR) is 71.0 cm³/mol. The van der Waals surface area contributed by atoms with Crippen molar-refractivity contribution in [3.63, 3.8) is 0 Å². The van der Waals surface area contributed by atoms with E-state index in [2.05, 4.69) is 12.1 Å². The van der Waals surface area contributed by atoms with Crippen molar-refractivity contribution in [3.05, 3.63) is 23.8 Å². The van der Waals surface area contributed by atoms with E-state index in [-0.39, 0.29) is 5.54 Å². The van der Waals surface area contributed by atoms with Crippen molar-refractivity contribution in [1.29, 1.82) is 0 Å². The Morgan fingerprint density at radius 3 is 2.44 bits per heavy atom. The van der Waals surface area contributed by atoms with E-state index in [9.17, 15) is 0 Å². The number of hydrogen-bond donors (Lipinski definition) is 1. The molecule has 2 aliphatic rings. The Labute approximate surface area is 108 Å². The van der Waals surface area contributed by atoms with Crippen molar-refractivity contribution in [3.8, 4) is 11.5 Å². The van der Waals surface area contributed by atoms with Crippen molar-refractivity contribution in [2.45, 2.75) is 31.2 Å². The summed E-state index contributed by atoms with van der Waals surface area (Å²) in [6.45, 7) is 0. The molecule has 2 aliphatic carbocycles. The van der Waals surface area contributed by atoms with Gasteiger partial charge < -0.3 is 15.2 Å². The zero-order valence-corrected chi connectivity index (χ0v) is 11.1. The Hall–Kier alpha value is -1.22. The van der Waals surface area contributed by atoms with Gasteiger partial charge in [-0.1, -0.05) is 12.5 Å². The third-order valence-electron chi connectivity index (χ3n) is 4.75. The maximum Gasteiger partial charge on any atom is 0.160 e. The topological polar surface area (TPSA) is 44.5 Å². The minimum Gasteiger partial charge on any atom is -0.493 e. The van der Waals surface area contributed by atoms with Crippen molar-refractivity contribution >= 4 is 0 Å². The second-order valence-corrected chi connectivity index (χ2v) is 5.62. The van der Waals surface area contributed by atoms with E-state index in [0.717, 1.165) is 29.8 Å². The van der Waals surface area contributed by atoms with Gasteiger partial charge in [-0.15, -0.1) is 0 Å². The third-order valence-corrected chi connectivity index (χ3v) is 4.75. The normalized spacial score (nSPS) is 33.1. The Bertz CT molecular complexity index is 448. The standard InChI is InChI=1S/C15H21NO2/c1-17-13-7-6-10(8-14(13)18-2)9-15(16)11-4-3-5-12(11)15/h6-8,11-12H,3-5,9,16H2,1-2H3. The molecule has 2 fully saturated rings. The van der Waals surface area contributed by atoms with Crippen molar-refractivity contribution < 1.29 is 9.47 Å². The van der Waals surface area contributed by atoms with E-state index in [1.165, 1.54) is 24.8 Å². The molecule has 3 nitrogen and oxygen atoms in total. The zero-order valence-electron chi connectivity index (χ0n) is 11.1. The average molecular weight is 247 g/mol. The first-order valence-electron chi connectivity index (χ1n) is 6.69. The minimum absolute atomic E-state index is 0.0534. The number of nitrogens with two attached hydrogens (primary N) is 1. The first-order valence-corrected chi connectivity index (χ1v) is 6.69. The van der Waals surface area contributed by atoms with Gasteiger partial charge in [0.1, 0.15) is 0 Å². The summed E-state index contributed by atoms with van der Waals surface area (Å²) < 4.78 is 10.6. The largest absolute Gasteiger partial charge is 0.493 e. The third kappa shape index (κ3) is 1.69. The lowest BCUT2D eigenvalue weighted by molar-refractivity contribution is 0.354. The highest BCUT2D eigenvalue weighted by Crippen LogP contribution is 2.60. The van der Waals surface area contributed by atoms with Crippen LogP contribution in [0.2, 0.25) is 0 Å². The van der Waals surface area contributed by atoms with Crippen LogP contribution in [0.5, 0.6) is 11.5 Å². The van der Waals surface area contributed by atoms with Crippen molar-refractivity contribution in [1.82, 2.24) is 0 Å². The molecule has 3 rings (SSSR count). The molecule has 18 heavy (non-hydrogen) atoms. The summed E-state index contributed by atoms with van der Waals surface area (Å²) in [7, 11) is 3.33. The maximum absolute atomic E-state index is 6.52. The Morgan fingerprint density at radius 1 is 1.17 bits per heavy atom. The lowest BCUT2D eigenvalue weighted by Crippen LogP contribution is -2.31. The van der Waals surface area contributed by atoms with Gasteiger partial charge in [0.2, 0.25) is 0 Å². The van der Waals surface area contributed by atoms with Crippen LogP contribution < -0.4 is 15.2 Å². The average Bonchev–Trinajstić information content (AvgIpc) is 2.80. The monoisotopic (exact) mass is 247 g/mol. The molecule has 0 amide bonds. The van der Waals surface area contributed by atoms with Crippen LogP contribution in [-0.4, -0.2) is 19.8 Å². The lowest BCUT2D eigenvalue weighted by Gasteiger charge is -2.16. The molecule has 2 N–H and O–H groups in total. The van der Waals surface area contributed by atoms with Crippen LogP contribution in [0.3, 0.4) is 0 Å². The van der Waals surface area contributed by atoms with Crippen LogP contribution >= 0.6 is 0 Å². The van der Waals surface area contributed by atoms with Gasteiger partial charge in [-0.05, 0) is 48.8 Å². The highest BCUT2D eigenvalue weighted by Gasteiger charge is 2.63. The first kappa shape index (κ1) is 11.8. The summed E-state index contributed by atoms with van der Waals surface area (Å²) in [5.74, 6) is 3.09. The summed E-state index contributed by atoms with van der Waals surface area (Å²) in [5.41, 5.74) is 7.83. The number of fused-ring (bicyclic) bond motifs is 1. The second kappa shape index (κ2) is 4.16. The SMILES string of the molecule is COc1ccc(CC2(N)C3CCCC32)cc1OC. The fourth-order valence-electron chi connectivity index (χ4n) is 3.73. The van der Waals surface area contributed by atoms with Gasteiger partial charge in [0.25, 0.3) is 0 Å².